The molecule has 0 unspecified atom stereocenters. The summed E-state index contributed by atoms with van der Waals surface area (Å²) in [4.78, 5) is 12.8. The number of hydrogen-bond donors (Lipinski definition) is 1. The lowest BCUT2D eigenvalue weighted by molar-refractivity contribution is -0.121. The van der Waals surface area contributed by atoms with Crippen molar-refractivity contribution in [2.75, 3.05) is 0 Å². The van der Waals surface area contributed by atoms with Gasteiger partial charge in [0.1, 0.15) is 0 Å². The van der Waals surface area contributed by atoms with E-state index in [1.165, 1.54) is 5.56 Å². The molecule has 0 bridgehead atoms. The van der Waals surface area contributed by atoms with Crippen LogP contribution in [-0.2, 0) is 4.79 Å². The van der Waals surface area contributed by atoms with Gasteiger partial charge in [-0.3, -0.25) is 4.79 Å². The van der Waals surface area contributed by atoms with Gasteiger partial charge in [-0.1, -0.05) is 90.5 Å². The van der Waals surface area contributed by atoms with Crippen LogP contribution in [0.2, 0.25) is 0 Å². The first-order valence-electron chi connectivity index (χ1n) is 8.23. The predicted molar refractivity (Wildman–Crippen MR) is 102 cm³/mol. The Morgan fingerprint density at radius 2 is 1.36 bits per heavy atom. The highest BCUT2D eigenvalue weighted by atomic mass is 16.2. The summed E-state index contributed by atoms with van der Waals surface area (Å²) >= 11 is 0. The number of hydrogen-bond acceptors (Lipinski definition) is 2. The molecule has 1 N–H and O–H groups in total. The average Bonchev–Trinajstić information content (AvgIpc) is 2.65. The lowest BCUT2D eigenvalue weighted by atomic mass is 9.91. The van der Waals surface area contributed by atoms with E-state index in [4.69, 9.17) is 0 Å². The fourth-order valence-corrected chi connectivity index (χ4v) is 2.67. The number of amides is 1. The molecule has 25 heavy (non-hydrogen) atoms. The average molecular weight is 328 g/mol. The van der Waals surface area contributed by atoms with Crippen molar-refractivity contribution in [2.45, 2.75) is 12.8 Å². The molecule has 0 aromatic heterocycles. The number of nitrogens with one attached hydrogen (secondary N) is 1. The zero-order chi connectivity index (χ0) is 17.5. The third kappa shape index (κ3) is 4.42. The first-order chi connectivity index (χ1) is 12.2. The second-order valence-corrected chi connectivity index (χ2v) is 5.90. The molecular formula is C22H20N2O. The summed E-state index contributed by atoms with van der Waals surface area (Å²) in [6, 6.07) is 27.4. The van der Waals surface area contributed by atoms with Gasteiger partial charge in [-0.25, -0.2) is 5.43 Å². The first-order valence-corrected chi connectivity index (χ1v) is 8.23. The van der Waals surface area contributed by atoms with Crippen LogP contribution in [0.15, 0.2) is 90.0 Å². The Kier molecular flexibility index (Phi) is 5.37. The fourth-order valence-electron chi connectivity index (χ4n) is 2.67. The molecule has 0 aliphatic rings. The number of benzene rings is 3. The van der Waals surface area contributed by atoms with Gasteiger partial charge in [0, 0.05) is 0 Å². The summed E-state index contributed by atoms with van der Waals surface area (Å²) in [6.07, 6.45) is 1.66. The molecule has 3 nitrogen and oxygen atoms in total. The summed E-state index contributed by atoms with van der Waals surface area (Å²) in [5.41, 5.74) is 6.69. The Hall–Kier alpha value is -3.20. The smallest absolute Gasteiger partial charge is 0.252 e. The highest BCUT2D eigenvalue weighted by Crippen LogP contribution is 2.24. The van der Waals surface area contributed by atoms with Crippen LogP contribution in [0.4, 0.5) is 0 Å². The quantitative estimate of drug-likeness (QED) is 0.551. The maximum absolute atomic E-state index is 12.8. The molecule has 0 heterocycles. The van der Waals surface area contributed by atoms with Gasteiger partial charge in [-0.05, 0) is 23.6 Å². The number of carbonyl (C=O) groups excluding carboxylic acids is 1. The molecule has 0 radical (unpaired) electrons. The van der Waals surface area contributed by atoms with Crippen LogP contribution >= 0.6 is 0 Å². The van der Waals surface area contributed by atoms with E-state index >= 15 is 0 Å². The van der Waals surface area contributed by atoms with E-state index in [0.29, 0.717) is 0 Å². The van der Waals surface area contributed by atoms with Crippen molar-refractivity contribution in [3.8, 4) is 0 Å². The monoisotopic (exact) mass is 328 g/mol. The van der Waals surface area contributed by atoms with Gasteiger partial charge in [0.2, 0.25) is 0 Å². The lowest BCUT2D eigenvalue weighted by Crippen LogP contribution is -2.26. The van der Waals surface area contributed by atoms with E-state index in [1.54, 1.807) is 6.21 Å². The highest BCUT2D eigenvalue weighted by Gasteiger charge is 2.22. The second-order valence-electron chi connectivity index (χ2n) is 5.90. The van der Waals surface area contributed by atoms with Gasteiger partial charge >= 0.3 is 0 Å². The van der Waals surface area contributed by atoms with E-state index in [-0.39, 0.29) is 5.91 Å². The highest BCUT2D eigenvalue weighted by molar-refractivity contribution is 5.88. The van der Waals surface area contributed by atoms with Crippen molar-refractivity contribution in [3.63, 3.8) is 0 Å². The van der Waals surface area contributed by atoms with Crippen LogP contribution in [0, 0.1) is 6.92 Å². The molecule has 0 aliphatic heterocycles. The second kappa shape index (κ2) is 8.06. The number of carbonyl (C=O) groups is 1. The van der Waals surface area contributed by atoms with E-state index in [2.05, 4.69) is 10.5 Å². The summed E-state index contributed by atoms with van der Waals surface area (Å²) in [6.45, 7) is 2.03. The van der Waals surface area contributed by atoms with Crippen LogP contribution in [0.5, 0.6) is 0 Å². The Labute approximate surface area is 148 Å². The molecule has 3 heteroatoms. The summed E-state index contributed by atoms with van der Waals surface area (Å²) in [7, 11) is 0. The Morgan fingerprint density at radius 1 is 0.840 bits per heavy atom. The Bertz CT molecular complexity index is 801. The standard InChI is InChI=1S/C22H20N2O/c1-17-12-14-18(15-13-17)16-23-24-22(25)21(19-8-4-2-5-9-19)20-10-6-3-7-11-20/h2-16,21H,1H3,(H,24,25). The third-order valence-electron chi connectivity index (χ3n) is 3.99. The van der Waals surface area contributed by atoms with Crippen molar-refractivity contribution < 1.29 is 4.79 Å². The molecule has 3 rings (SSSR count). The Morgan fingerprint density at radius 3 is 1.88 bits per heavy atom. The minimum Gasteiger partial charge on any atom is -0.272 e. The van der Waals surface area contributed by atoms with Crippen molar-refractivity contribution in [1.29, 1.82) is 0 Å². The van der Waals surface area contributed by atoms with Gasteiger partial charge in [0.05, 0.1) is 12.1 Å². The predicted octanol–water partition coefficient (Wildman–Crippen LogP) is 4.28. The molecule has 0 aliphatic carbocycles. The molecule has 0 saturated carbocycles. The van der Waals surface area contributed by atoms with Crippen LogP contribution in [-0.4, -0.2) is 12.1 Å². The molecule has 124 valence electrons. The van der Waals surface area contributed by atoms with Crippen LogP contribution in [0.3, 0.4) is 0 Å². The molecule has 0 saturated heterocycles. The zero-order valence-electron chi connectivity index (χ0n) is 14.1. The summed E-state index contributed by atoms with van der Waals surface area (Å²) < 4.78 is 0. The molecule has 0 fully saturated rings. The van der Waals surface area contributed by atoms with Crippen molar-refractivity contribution in [3.05, 3.63) is 107 Å². The van der Waals surface area contributed by atoms with Crippen molar-refractivity contribution >= 4 is 12.1 Å². The van der Waals surface area contributed by atoms with Gasteiger partial charge in [-0.2, -0.15) is 5.10 Å². The van der Waals surface area contributed by atoms with Gasteiger partial charge in [-0.15, -0.1) is 0 Å². The van der Waals surface area contributed by atoms with Gasteiger partial charge in [0.15, 0.2) is 0 Å². The SMILES string of the molecule is Cc1ccc(C=NNC(=O)C(c2ccccc2)c2ccccc2)cc1. The zero-order valence-corrected chi connectivity index (χ0v) is 14.1. The Balaban J connectivity index is 1.79. The summed E-state index contributed by atoms with van der Waals surface area (Å²) in [5.74, 6) is -0.543. The maximum Gasteiger partial charge on any atom is 0.252 e. The molecule has 3 aromatic carbocycles. The van der Waals surface area contributed by atoms with Gasteiger partial charge < -0.3 is 0 Å². The topological polar surface area (TPSA) is 41.5 Å². The number of hydrazone groups is 1. The minimum absolute atomic E-state index is 0.152. The maximum atomic E-state index is 12.8. The van der Waals surface area contributed by atoms with E-state index in [0.717, 1.165) is 16.7 Å². The molecule has 0 atom stereocenters. The fraction of sp³-hybridized carbons (Fsp3) is 0.0909. The largest absolute Gasteiger partial charge is 0.272 e. The van der Waals surface area contributed by atoms with Crippen molar-refractivity contribution in [1.82, 2.24) is 5.43 Å². The van der Waals surface area contributed by atoms with Gasteiger partial charge in [0.25, 0.3) is 5.91 Å². The molecule has 3 aromatic rings. The molecule has 1 amide bonds. The number of nitrogens with zero attached hydrogens (tertiary/aromatic N) is 1. The molecule has 0 spiro atoms. The first kappa shape index (κ1) is 16.7. The van der Waals surface area contributed by atoms with Crippen LogP contribution in [0.1, 0.15) is 28.2 Å². The van der Waals surface area contributed by atoms with Crippen molar-refractivity contribution in [2.24, 2.45) is 5.10 Å². The minimum atomic E-state index is -0.391. The lowest BCUT2D eigenvalue weighted by Gasteiger charge is -2.16. The van der Waals surface area contributed by atoms with E-state index in [1.807, 2.05) is 91.9 Å². The number of aryl methyl sites for hydroxylation is 1. The summed E-state index contributed by atoms with van der Waals surface area (Å²) in [5, 5.41) is 4.12. The third-order valence-corrected chi connectivity index (χ3v) is 3.99. The normalized spacial score (nSPS) is 11.0. The number of rotatable bonds is 5. The van der Waals surface area contributed by atoms with Crippen LogP contribution < -0.4 is 5.43 Å². The van der Waals surface area contributed by atoms with E-state index < -0.39 is 5.92 Å². The molecular weight excluding hydrogens is 308 g/mol. The van der Waals surface area contributed by atoms with E-state index in [9.17, 15) is 4.79 Å². The van der Waals surface area contributed by atoms with Crippen LogP contribution in [0.25, 0.3) is 0 Å².